The van der Waals surface area contributed by atoms with Gasteiger partial charge in [0.15, 0.2) is 11.5 Å². The summed E-state index contributed by atoms with van der Waals surface area (Å²) in [6, 6.07) is 6.71. The van der Waals surface area contributed by atoms with E-state index in [1.165, 1.54) is 0 Å². The number of hydrogen-bond acceptors (Lipinski definition) is 3. The Morgan fingerprint density at radius 1 is 1.67 bits per heavy atom. The van der Waals surface area contributed by atoms with Gasteiger partial charge in [0.05, 0.1) is 12.8 Å². The number of rotatable bonds is 1. The van der Waals surface area contributed by atoms with Crippen molar-refractivity contribution in [2.45, 2.75) is 0 Å². The SMILES string of the molecule is COc1[c]ccc2c1OCCN2. The Bertz CT molecular complexity index is 272. The van der Waals surface area contributed by atoms with Gasteiger partial charge < -0.3 is 14.8 Å². The Kier molecular flexibility index (Phi) is 1.78. The van der Waals surface area contributed by atoms with E-state index in [1.807, 2.05) is 12.1 Å². The second-order valence-corrected chi connectivity index (χ2v) is 2.53. The molecule has 1 aliphatic rings. The van der Waals surface area contributed by atoms with Crippen molar-refractivity contribution in [3.63, 3.8) is 0 Å². The molecule has 0 unspecified atom stereocenters. The van der Waals surface area contributed by atoms with Crippen LogP contribution in [-0.2, 0) is 0 Å². The molecule has 0 bridgehead atoms. The molecule has 0 spiro atoms. The maximum atomic E-state index is 5.43. The van der Waals surface area contributed by atoms with Gasteiger partial charge >= 0.3 is 0 Å². The summed E-state index contributed by atoms with van der Waals surface area (Å²) in [5, 5.41) is 3.21. The molecule has 1 aliphatic heterocycles. The van der Waals surface area contributed by atoms with Crippen LogP contribution < -0.4 is 14.8 Å². The van der Waals surface area contributed by atoms with E-state index < -0.39 is 0 Å². The average molecular weight is 164 g/mol. The first-order chi connectivity index (χ1) is 5.92. The van der Waals surface area contributed by atoms with Crippen LogP contribution in [0, 0.1) is 6.07 Å². The molecule has 0 saturated carbocycles. The smallest absolute Gasteiger partial charge is 0.185 e. The van der Waals surface area contributed by atoms with Gasteiger partial charge in [-0.15, -0.1) is 0 Å². The molecule has 1 N–H and O–H groups in total. The van der Waals surface area contributed by atoms with Crippen LogP contribution in [0.1, 0.15) is 0 Å². The van der Waals surface area contributed by atoms with Gasteiger partial charge in [0.25, 0.3) is 0 Å². The van der Waals surface area contributed by atoms with Crippen LogP contribution in [0.3, 0.4) is 0 Å². The summed E-state index contributed by atoms with van der Waals surface area (Å²) in [5.41, 5.74) is 0.983. The fourth-order valence-electron chi connectivity index (χ4n) is 1.24. The molecule has 0 fully saturated rings. The van der Waals surface area contributed by atoms with E-state index in [0.29, 0.717) is 12.4 Å². The van der Waals surface area contributed by atoms with Crippen LogP contribution >= 0.6 is 0 Å². The zero-order valence-corrected chi connectivity index (χ0v) is 6.89. The maximum absolute atomic E-state index is 5.43. The molecule has 1 heterocycles. The number of nitrogens with one attached hydrogen (secondary N) is 1. The van der Waals surface area contributed by atoms with Crippen LogP contribution in [0.2, 0.25) is 0 Å². The number of benzene rings is 1. The Balaban J connectivity index is 2.44. The van der Waals surface area contributed by atoms with Crippen LogP contribution in [0.15, 0.2) is 12.1 Å². The third kappa shape index (κ3) is 1.07. The molecule has 0 aromatic heterocycles. The van der Waals surface area contributed by atoms with Crippen molar-refractivity contribution in [2.24, 2.45) is 0 Å². The summed E-state index contributed by atoms with van der Waals surface area (Å²) in [4.78, 5) is 0. The van der Waals surface area contributed by atoms with E-state index in [2.05, 4.69) is 11.4 Å². The molecular formula is C9H10NO2. The molecule has 1 aromatic carbocycles. The maximum Gasteiger partial charge on any atom is 0.185 e. The summed E-state index contributed by atoms with van der Waals surface area (Å²) in [5.74, 6) is 1.44. The fourth-order valence-corrected chi connectivity index (χ4v) is 1.24. The second-order valence-electron chi connectivity index (χ2n) is 2.53. The lowest BCUT2D eigenvalue weighted by Crippen LogP contribution is -2.18. The third-order valence-corrected chi connectivity index (χ3v) is 1.78. The van der Waals surface area contributed by atoms with Gasteiger partial charge in [-0.05, 0) is 12.1 Å². The third-order valence-electron chi connectivity index (χ3n) is 1.78. The largest absolute Gasteiger partial charge is 0.492 e. The van der Waals surface area contributed by atoms with E-state index in [9.17, 15) is 0 Å². The predicted octanol–water partition coefficient (Wildman–Crippen LogP) is 1.30. The Hall–Kier alpha value is -1.38. The predicted molar refractivity (Wildman–Crippen MR) is 45.8 cm³/mol. The van der Waals surface area contributed by atoms with Crippen molar-refractivity contribution in [3.8, 4) is 11.5 Å². The highest BCUT2D eigenvalue weighted by atomic mass is 16.5. The quantitative estimate of drug-likeness (QED) is 0.678. The van der Waals surface area contributed by atoms with Crippen molar-refractivity contribution in [2.75, 3.05) is 25.6 Å². The van der Waals surface area contributed by atoms with Crippen LogP contribution in [0.25, 0.3) is 0 Å². The summed E-state index contributed by atoms with van der Waals surface area (Å²) in [7, 11) is 1.62. The lowest BCUT2D eigenvalue weighted by atomic mass is 10.2. The molecule has 12 heavy (non-hydrogen) atoms. The van der Waals surface area contributed by atoms with Crippen molar-refractivity contribution in [1.82, 2.24) is 0 Å². The van der Waals surface area contributed by atoms with Crippen LogP contribution in [-0.4, -0.2) is 20.3 Å². The van der Waals surface area contributed by atoms with Crippen molar-refractivity contribution < 1.29 is 9.47 Å². The van der Waals surface area contributed by atoms with E-state index in [1.54, 1.807) is 7.11 Å². The Morgan fingerprint density at radius 3 is 3.42 bits per heavy atom. The first-order valence-electron chi connectivity index (χ1n) is 3.87. The lowest BCUT2D eigenvalue weighted by molar-refractivity contribution is 0.298. The molecule has 0 atom stereocenters. The summed E-state index contributed by atoms with van der Waals surface area (Å²) >= 11 is 0. The minimum atomic E-state index is 0.666. The summed E-state index contributed by atoms with van der Waals surface area (Å²) in [6.45, 7) is 1.53. The van der Waals surface area contributed by atoms with Gasteiger partial charge in [-0.25, -0.2) is 0 Å². The van der Waals surface area contributed by atoms with Gasteiger partial charge in [0, 0.05) is 12.6 Å². The molecule has 1 radical (unpaired) electrons. The van der Waals surface area contributed by atoms with Crippen molar-refractivity contribution >= 4 is 5.69 Å². The molecule has 0 aliphatic carbocycles. The van der Waals surface area contributed by atoms with E-state index in [-0.39, 0.29) is 0 Å². The van der Waals surface area contributed by atoms with Crippen LogP contribution in [0.4, 0.5) is 5.69 Å². The topological polar surface area (TPSA) is 30.5 Å². The number of ether oxygens (including phenoxy) is 2. The molecule has 3 heteroatoms. The highest BCUT2D eigenvalue weighted by Crippen LogP contribution is 2.35. The molecular weight excluding hydrogens is 154 g/mol. The molecule has 63 valence electrons. The minimum absolute atomic E-state index is 0.666. The summed E-state index contributed by atoms with van der Waals surface area (Å²) in [6.07, 6.45) is 0. The molecule has 0 saturated heterocycles. The molecule has 3 nitrogen and oxygen atoms in total. The van der Waals surface area contributed by atoms with E-state index in [4.69, 9.17) is 9.47 Å². The van der Waals surface area contributed by atoms with Gasteiger partial charge in [0.2, 0.25) is 0 Å². The Morgan fingerprint density at radius 2 is 2.58 bits per heavy atom. The average Bonchev–Trinajstić information content (AvgIpc) is 2.17. The molecule has 1 aromatic rings. The molecule has 2 rings (SSSR count). The van der Waals surface area contributed by atoms with Gasteiger partial charge in [-0.2, -0.15) is 0 Å². The highest BCUT2D eigenvalue weighted by molar-refractivity contribution is 5.63. The minimum Gasteiger partial charge on any atom is -0.492 e. The van der Waals surface area contributed by atoms with Crippen molar-refractivity contribution in [1.29, 1.82) is 0 Å². The second kappa shape index (κ2) is 2.93. The van der Waals surface area contributed by atoms with Crippen LogP contribution in [0.5, 0.6) is 11.5 Å². The number of fused-ring (bicyclic) bond motifs is 1. The zero-order chi connectivity index (χ0) is 8.39. The van der Waals surface area contributed by atoms with E-state index >= 15 is 0 Å². The first kappa shape index (κ1) is 7.28. The number of hydrogen-bond donors (Lipinski definition) is 1. The fraction of sp³-hybridized carbons (Fsp3) is 0.333. The van der Waals surface area contributed by atoms with Crippen molar-refractivity contribution in [3.05, 3.63) is 18.2 Å². The van der Waals surface area contributed by atoms with E-state index in [0.717, 1.165) is 18.0 Å². The summed E-state index contributed by atoms with van der Waals surface area (Å²) < 4.78 is 10.5. The highest BCUT2D eigenvalue weighted by Gasteiger charge is 2.13. The monoisotopic (exact) mass is 164 g/mol. The number of methoxy groups -OCH3 is 1. The van der Waals surface area contributed by atoms with Gasteiger partial charge in [0.1, 0.15) is 6.61 Å². The van der Waals surface area contributed by atoms with Gasteiger partial charge in [-0.3, -0.25) is 0 Å². The first-order valence-corrected chi connectivity index (χ1v) is 3.87. The molecule has 0 amide bonds. The zero-order valence-electron chi connectivity index (χ0n) is 6.89. The van der Waals surface area contributed by atoms with Gasteiger partial charge in [-0.1, -0.05) is 0 Å². The number of anilines is 1. The Labute approximate surface area is 71.3 Å². The normalized spacial score (nSPS) is 14.1. The lowest BCUT2D eigenvalue weighted by Gasteiger charge is -2.20. The standard InChI is InChI=1S/C9H10NO2/c1-11-8-4-2-3-7-9(8)12-6-5-10-7/h2-3,10H,5-6H2,1H3.